The molecule has 0 radical (unpaired) electrons. The molecule has 8 nitrogen and oxygen atoms in total. The molecule has 2 aliphatic heterocycles. The monoisotopic (exact) mass is 358 g/mol. The van der Waals surface area contributed by atoms with Gasteiger partial charge in [0.25, 0.3) is 0 Å². The molecule has 144 valence electrons. The summed E-state index contributed by atoms with van der Waals surface area (Å²) >= 11 is 0. The van der Waals surface area contributed by atoms with Gasteiger partial charge in [-0.25, -0.2) is 9.59 Å². The smallest absolute Gasteiger partial charge is 0.411 e. The van der Waals surface area contributed by atoms with E-state index in [1.54, 1.807) is 20.8 Å². The highest BCUT2D eigenvalue weighted by Crippen LogP contribution is 2.20. The first-order valence-electron chi connectivity index (χ1n) is 8.80. The number of ether oxygens (including phenoxy) is 1. The molecule has 0 aromatic rings. The number of rotatable bonds is 2. The third-order valence-corrected chi connectivity index (χ3v) is 4.02. The number of piperidine rings is 2. The number of hydrogen-bond acceptors (Lipinski definition) is 5. The average Bonchev–Trinajstić information content (AvgIpc) is 2.54. The Bertz CT molecular complexity index is 468. The van der Waals surface area contributed by atoms with Gasteiger partial charge in [0.2, 0.25) is 0 Å². The Kier molecular flexibility index (Phi) is 8.15. The first kappa shape index (κ1) is 21.2. The van der Waals surface area contributed by atoms with Gasteiger partial charge in [0.1, 0.15) is 17.7 Å². The van der Waals surface area contributed by atoms with Gasteiger partial charge < -0.3 is 20.3 Å². The molecule has 0 unspecified atom stereocenters. The lowest BCUT2D eigenvalue weighted by molar-refractivity contribution is -0.144. The maximum Gasteiger partial charge on any atom is 0.411 e. The predicted octanol–water partition coefficient (Wildman–Crippen LogP) is 2.07. The number of carboxylic acids is 2. The molecular formula is C17H30N2O6. The second-order valence-corrected chi connectivity index (χ2v) is 7.36. The van der Waals surface area contributed by atoms with Crippen molar-refractivity contribution in [2.75, 3.05) is 13.1 Å². The van der Waals surface area contributed by atoms with Crippen LogP contribution in [0.4, 0.5) is 4.79 Å². The van der Waals surface area contributed by atoms with Crippen molar-refractivity contribution in [2.45, 2.75) is 77.0 Å². The van der Waals surface area contributed by atoms with Crippen LogP contribution in [0.2, 0.25) is 0 Å². The normalized spacial score (nSPS) is 23.9. The SMILES string of the molecule is CC(C)(C)OC(=O)N1CCCC[C@@H]1C(=O)O.O=C(O)[C@H]1CCCCN1. The summed E-state index contributed by atoms with van der Waals surface area (Å²) in [6, 6.07) is -1.01. The van der Waals surface area contributed by atoms with E-state index >= 15 is 0 Å². The average molecular weight is 358 g/mol. The molecule has 1 amide bonds. The Labute approximate surface area is 148 Å². The number of hydrogen-bond donors (Lipinski definition) is 3. The molecule has 2 atom stereocenters. The number of nitrogens with zero attached hydrogens (tertiary/aromatic N) is 1. The topological polar surface area (TPSA) is 116 Å². The van der Waals surface area contributed by atoms with Gasteiger partial charge >= 0.3 is 18.0 Å². The fraction of sp³-hybridized carbons (Fsp3) is 0.824. The van der Waals surface area contributed by atoms with Crippen molar-refractivity contribution >= 4 is 18.0 Å². The van der Waals surface area contributed by atoms with Gasteiger partial charge in [-0.1, -0.05) is 6.42 Å². The van der Waals surface area contributed by atoms with Crippen molar-refractivity contribution in [2.24, 2.45) is 0 Å². The molecule has 0 aromatic heterocycles. The van der Waals surface area contributed by atoms with Gasteiger partial charge in [-0.15, -0.1) is 0 Å². The summed E-state index contributed by atoms with van der Waals surface area (Å²) in [7, 11) is 0. The van der Waals surface area contributed by atoms with Crippen molar-refractivity contribution in [3.63, 3.8) is 0 Å². The van der Waals surface area contributed by atoms with E-state index in [-0.39, 0.29) is 6.04 Å². The quantitative estimate of drug-likeness (QED) is 0.692. The van der Waals surface area contributed by atoms with Gasteiger partial charge in [-0.2, -0.15) is 0 Å². The minimum atomic E-state index is -0.953. The van der Waals surface area contributed by atoms with Crippen molar-refractivity contribution in [3.8, 4) is 0 Å². The van der Waals surface area contributed by atoms with Crippen LogP contribution in [-0.4, -0.2) is 63.9 Å². The largest absolute Gasteiger partial charge is 0.480 e. The minimum absolute atomic E-state index is 0.279. The van der Waals surface area contributed by atoms with E-state index in [0.29, 0.717) is 13.0 Å². The molecular weight excluding hydrogens is 328 g/mol. The van der Waals surface area contributed by atoms with Crippen molar-refractivity contribution in [1.82, 2.24) is 10.2 Å². The highest BCUT2D eigenvalue weighted by molar-refractivity contribution is 5.80. The fourth-order valence-electron chi connectivity index (χ4n) is 2.79. The number of amides is 1. The predicted molar refractivity (Wildman–Crippen MR) is 91.5 cm³/mol. The van der Waals surface area contributed by atoms with Crippen LogP contribution in [0.5, 0.6) is 0 Å². The summed E-state index contributed by atoms with van der Waals surface area (Å²) in [6.45, 7) is 6.63. The van der Waals surface area contributed by atoms with Gasteiger partial charge in [-0.3, -0.25) is 9.69 Å². The Morgan fingerprint density at radius 2 is 1.64 bits per heavy atom. The zero-order valence-electron chi connectivity index (χ0n) is 15.3. The Hall–Kier alpha value is -1.83. The number of carbonyl (C=O) groups excluding carboxylic acids is 1. The molecule has 8 heteroatoms. The molecule has 0 bridgehead atoms. The van der Waals surface area contributed by atoms with E-state index in [0.717, 1.165) is 38.6 Å². The standard InChI is InChI=1S/C11H19NO4.C6H11NO2/c1-11(2,3)16-10(15)12-7-5-4-6-8(12)9(13)14;8-6(9)5-3-1-2-4-7-5/h8H,4-7H2,1-3H3,(H,13,14);5,7H,1-4H2,(H,8,9)/t8-;5-/m11/s1. The molecule has 0 aromatic carbocycles. The second-order valence-electron chi connectivity index (χ2n) is 7.36. The van der Waals surface area contributed by atoms with Crippen molar-refractivity contribution < 1.29 is 29.3 Å². The van der Waals surface area contributed by atoms with E-state index in [1.165, 1.54) is 4.90 Å². The molecule has 2 heterocycles. The van der Waals surface area contributed by atoms with Gasteiger partial charge in [-0.05, 0) is 59.4 Å². The molecule has 2 saturated heterocycles. The molecule has 2 rings (SSSR count). The minimum Gasteiger partial charge on any atom is -0.480 e. The summed E-state index contributed by atoms with van der Waals surface area (Å²) in [5.74, 6) is -1.67. The summed E-state index contributed by atoms with van der Waals surface area (Å²) in [6.07, 6.45) is 4.61. The molecule has 0 saturated carbocycles. The van der Waals surface area contributed by atoms with Crippen molar-refractivity contribution in [3.05, 3.63) is 0 Å². The lowest BCUT2D eigenvalue weighted by Gasteiger charge is -2.34. The first-order chi connectivity index (χ1) is 11.6. The maximum atomic E-state index is 11.8. The van der Waals surface area contributed by atoms with Crippen LogP contribution in [0, 0.1) is 0 Å². The molecule has 0 aliphatic carbocycles. The molecule has 2 aliphatic rings. The summed E-state index contributed by atoms with van der Waals surface area (Å²) in [5.41, 5.74) is -0.586. The fourth-order valence-corrected chi connectivity index (χ4v) is 2.79. The zero-order chi connectivity index (χ0) is 19.0. The molecule has 3 N–H and O–H groups in total. The Morgan fingerprint density at radius 1 is 1.00 bits per heavy atom. The van der Waals surface area contributed by atoms with Gasteiger partial charge in [0, 0.05) is 6.54 Å². The first-order valence-corrected chi connectivity index (χ1v) is 8.80. The van der Waals surface area contributed by atoms with Crippen LogP contribution in [0.15, 0.2) is 0 Å². The molecule has 0 spiro atoms. The second kappa shape index (κ2) is 9.60. The van der Waals surface area contributed by atoms with E-state index in [9.17, 15) is 14.4 Å². The van der Waals surface area contributed by atoms with E-state index in [4.69, 9.17) is 14.9 Å². The lowest BCUT2D eigenvalue weighted by Crippen LogP contribution is -2.49. The highest BCUT2D eigenvalue weighted by atomic mass is 16.6. The maximum absolute atomic E-state index is 11.8. The molecule has 25 heavy (non-hydrogen) atoms. The van der Waals surface area contributed by atoms with Crippen LogP contribution in [0.1, 0.15) is 59.3 Å². The number of nitrogens with one attached hydrogen (secondary N) is 1. The Morgan fingerprint density at radius 3 is 2.08 bits per heavy atom. The summed E-state index contributed by atoms with van der Waals surface area (Å²) < 4.78 is 5.18. The van der Waals surface area contributed by atoms with E-state index < -0.39 is 29.7 Å². The van der Waals surface area contributed by atoms with E-state index in [2.05, 4.69) is 5.32 Å². The summed E-state index contributed by atoms with van der Waals surface area (Å²) in [4.78, 5) is 34.4. The van der Waals surface area contributed by atoms with Crippen LogP contribution in [-0.2, 0) is 14.3 Å². The number of carboxylic acid groups (broad SMARTS) is 2. The van der Waals surface area contributed by atoms with Crippen LogP contribution < -0.4 is 5.32 Å². The third-order valence-electron chi connectivity index (χ3n) is 4.02. The third kappa shape index (κ3) is 7.72. The number of carbonyl (C=O) groups is 3. The van der Waals surface area contributed by atoms with Gasteiger partial charge in [0.05, 0.1) is 0 Å². The number of aliphatic carboxylic acids is 2. The van der Waals surface area contributed by atoms with Crippen LogP contribution >= 0.6 is 0 Å². The zero-order valence-corrected chi connectivity index (χ0v) is 15.3. The van der Waals surface area contributed by atoms with E-state index in [1.807, 2.05) is 0 Å². The van der Waals surface area contributed by atoms with Crippen molar-refractivity contribution in [1.29, 1.82) is 0 Å². The highest BCUT2D eigenvalue weighted by Gasteiger charge is 2.34. The summed E-state index contributed by atoms with van der Waals surface area (Å²) in [5, 5.41) is 20.4. The number of likely N-dealkylation sites (tertiary alicyclic amines) is 1. The van der Waals surface area contributed by atoms with Crippen LogP contribution in [0.3, 0.4) is 0 Å². The molecule has 2 fully saturated rings. The van der Waals surface area contributed by atoms with Gasteiger partial charge in [0.15, 0.2) is 0 Å². The lowest BCUT2D eigenvalue weighted by atomic mass is 10.0. The van der Waals surface area contributed by atoms with Crippen LogP contribution in [0.25, 0.3) is 0 Å². The Balaban J connectivity index is 0.000000293.